The molecule has 3 rings (SSSR count). The van der Waals surface area contributed by atoms with Crippen LogP contribution in [-0.4, -0.2) is 39.7 Å². The zero-order chi connectivity index (χ0) is 21.2. The third-order valence-electron chi connectivity index (χ3n) is 4.49. The van der Waals surface area contributed by atoms with Crippen LogP contribution in [0.4, 0.5) is 5.69 Å². The number of carboxylic acid groups (broad SMARTS) is 1. The van der Waals surface area contributed by atoms with Gasteiger partial charge in [0.05, 0.1) is 10.4 Å². The minimum Gasteiger partial charge on any atom is -0.480 e. The van der Waals surface area contributed by atoms with E-state index in [2.05, 4.69) is 4.98 Å². The summed E-state index contributed by atoms with van der Waals surface area (Å²) in [6.07, 6.45) is 1.44. The van der Waals surface area contributed by atoms with Crippen molar-refractivity contribution in [2.75, 3.05) is 0 Å². The molecule has 0 spiro atoms. The number of hydrogen-bond acceptors (Lipinski definition) is 6. The van der Waals surface area contributed by atoms with Crippen molar-refractivity contribution in [3.63, 3.8) is 0 Å². The van der Waals surface area contributed by atoms with Crippen LogP contribution in [0.3, 0.4) is 0 Å². The lowest BCUT2D eigenvalue weighted by molar-refractivity contribution is -0.385. The largest absolute Gasteiger partial charge is 0.480 e. The highest BCUT2D eigenvalue weighted by Gasteiger charge is 2.35. The number of benzene rings is 2. The summed E-state index contributed by atoms with van der Waals surface area (Å²) in [4.78, 5) is 26.3. The number of pyridine rings is 1. The first kappa shape index (κ1) is 20.4. The van der Waals surface area contributed by atoms with Gasteiger partial charge in [0.2, 0.25) is 10.0 Å². The summed E-state index contributed by atoms with van der Waals surface area (Å²) in [6.45, 7) is 0.739. The number of fused-ring (bicyclic) bond motifs is 1. The topological polar surface area (TPSA) is 131 Å². The lowest BCUT2D eigenvalue weighted by Crippen LogP contribution is -2.42. The zero-order valence-corrected chi connectivity index (χ0v) is 16.1. The van der Waals surface area contributed by atoms with Gasteiger partial charge in [-0.2, -0.15) is 4.31 Å². The van der Waals surface area contributed by atoms with Gasteiger partial charge in [-0.3, -0.25) is 19.9 Å². The Bertz CT molecular complexity index is 1190. The second-order valence-electron chi connectivity index (χ2n) is 6.28. The van der Waals surface area contributed by atoms with Crippen LogP contribution < -0.4 is 0 Å². The van der Waals surface area contributed by atoms with E-state index in [-0.39, 0.29) is 21.7 Å². The first-order valence-corrected chi connectivity index (χ1v) is 9.98. The molecular weight excluding hydrogens is 398 g/mol. The molecule has 1 aromatic heterocycles. The number of hydrogen-bond donors (Lipinski definition) is 1. The molecule has 1 atom stereocenters. The smallest absolute Gasteiger partial charge is 0.321 e. The van der Waals surface area contributed by atoms with Gasteiger partial charge in [0, 0.05) is 29.8 Å². The van der Waals surface area contributed by atoms with E-state index in [9.17, 15) is 28.4 Å². The standard InChI is InChI=1S/C19H17N3O6S/c1-13(19(23)24)21(12-15-6-2-3-9-16(15)22(25)26)29(27,28)17-10-4-7-14-8-5-11-20-18(14)17/h2-11,13H,12H2,1H3,(H,23,24). The molecule has 150 valence electrons. The quantitative estimate of drug-likeness (QED) is 0.464. The second kappa shape index (κ2) is 7.94. The Hall–Kier alpha value is -3.37. The SMILES string of the molecule is CC(C(=O)O)N(Cc1ccccc1[N+](=O)[O-])S(=O)(=O)c1cccc2cccnc12. The Morgan fingerprint density at radius 1 is 1.17 bits per heavy atom. The van der Waals surface area contributed by atoms with Gasteiger partial charge in [-0.1, -0.05) is 36.4 Å². The molecular formula is C19H17N3O6S. The molecule has 10 heteroatoms. The number of rotatable bonds is 7. The molecule has 0 saturated carbocycles. The summed E-state index contributed by atoms with van der Waals surface area (Å²) >= 11 is 0. The molecule has 0 radical (unpaired) electrons. The maximum atomic E-state index is 13.4. The van der Waals surface area contributed by atoms with Gasteiger partial charge in [0.1, 0.15) is 10.9 Å². The van der Waals surface area contributed by atoms with Crippen LogP contribution in [0.2, 0.25) is 0 Å². The van der Waals surface area contributed by atoms with Crippen molar-refractivity contribution in [1.29, 1.82) is 0 Å². The first-order chi connectivity index (χ1) is 13.7. The van der Waals surface area contributed by atoms with E-state index >= 15 is 0 Å². The monoisotopic (exact) mass is 415 g/mol. The van der Waals surface area contributed by atoms with Crippen LogP contribution in [0.25, 0.3) is 10.9 Å². The molecule has 0 saturated heterocycles. The van der Waals surface area contributed by atoms with Crippen molar-refractivity contribution in [2.45, 2.75) is 24.4 Å². The van der Waals surface area contributed by atoms with Crippen molar-refractivity contribution in [3.05, 3.63) is 76.5 Å². The number of sulfonamides is 1. The molecule has 0 amide bonds. The lowest BCUT2D eigenvalue weighted by Gasteiger charge is -2.26. The fourth-order valence-electron chi connectivity index (χ4n) is 2.95. The number of para-hydroxylation sites is 2. The molecule has 2 aromatic carbocycles. The van der Waals surface area contributed by atoms with Gasteiger partial charge in [-0.05, 0) is 19.1 Å². The molecule has 1 heterocycles. The van der Waals surface area contributed by atoms with Crippen molar-refractivity contribution in [1.82, 2.24) is 9.29 Å². The van der Waals surface area contributed by atoms with Gasteiger partial charge in [-0.15, -0.1) is 0 Å². The minimum atomic E-state index is -4.35. The normalized spacial score (nSPS) is 12.8. The average molecular weight is 415 g/mol. The predicted octanol–water partition coefficient (Wildman–Crippen LogP) is 2.81. The average Bonchev–Trinajstić information content (AvgIpc) is 2.71. The van der Waals surface area contributed by atoms with Gasteiger partial charge in [0.15, 0.2) is 0 Å². The van der Waals surface area contributed by atoms with Crippen molar-refractivity contribution in [2.24, 2.45) is 0 Å². The highest BCUT2D eigenvalue weighted by atomic mass is 32.2. The molecule has 0 fully saturated rings. The van der Waals surface area contributed by atoms with Gasteiger partial charge in [0.25, 0.3) is 5.69 Å². The number of carbonyl (C=O) groups is 1. The van der Waals surface area contributed by atoms with Gasteiger partial charge in [-0.25, -0.2) is 8.42 Å². The van der Waals surface area contributed by atoms with Crippen molar-refractivity contribution < 1.29 is 23.2 Å². The minimum absolute atomic E-state index is 0.0855. The van der Waals surface area contributed by atoms with Crippen LogP contribution in [0.1, 0.15) is 12.5 Å². The Balaban J connectivity index is 2.17. The molecule has 1 unspecified atom stereocenters. The summed E-state index contributed by atoms with van der Waals surface area (Å²) in [5, 5.41) is 21.4. The molecule has 29 heavy (non-hydrogen) atoms. The number of nitro groups is 1. The van der Waals surface area contributed by atoms with E-state index in [0.29, 0.717) is 5.39 Å². The van der Waals surface area contributed by atoms with E-state index in [1.807, 2.05) is 0 Å². The molecule has 1 N–H and O–H groups in total. The Morgan fingerprint density at radius 3 is 2.55 bits per heavy atom. The third-order valence-corrected chi connectivity index (χ3v) is 6.43. The van der Waals surface area contributed by atoms with Crippen molar-refractivity contribution in [3.8, 4) is 0 Å². The van der Waals surface area contributed by atoms with Crippen LogP contribution >= 0.6 is 0 Å². The van der Waals surface area contributed by atoms with Gasteiger partial charge < -0.3 is 5.11 Å². The zero-order valence-electron chi connectivity index (χ0n) is 15.3. The predicted molar refractivity (Wildman–Crippen MR) is 105 cm³/mol. The Labute approximate surface area is 166 Å². The molecule has 0 bridgehead atoms. The maximum Gasteiger partial charge on any atom is 0.321 e. The number of nitro benzene ring substituents is 1. The molecule has 3 aromatic rings. The summed E-state index contributed by atoms with van der Waals surface area (Å²) < 4.78 is 27.6. The van der Waals surface area contributed by atoms with Crippen LogP contribution in [0.15, 0.2) is 65.7 Å². The molecule has 0 aliphatic heterocycles. The second-order valence-corrected chi connectivity index (χ2v) is 8.14. The van der Waals surface area contributed by atoms with E-state index < -0.39 is 33.5 Å². The number of aliphatic carboxylic acids is 1. The maximum absolute atomic E-state index is 13.4. The molecule has 9 nitrogen and oxygen atoms in total. The Kier molecular flexibility index (Phi) is 5.57. The molecule has 0 aliphatic rings. The lowest BCUT2D eigenvalue weighted by atomic mass is 10.1. The third kappa shape index (κ3) is 3.93. The molecule has 0 aliphatic carbocycles. The van der Waals surface area contributed by atoms with Crippen LogP contribution in [-0.2, 0) is 21.4 Å². The summed E-state index contributed by atoms with van der Waals surface area (Å²) in [5.74, 6) is -1.37. The van der Waals surface area contributed by atoms with E-state index in [1.54, 1.807) is 18.2 Å². The van der Waals surface area contributed by atoms with E-state index in [4.69, 9.17) is 0 Å². The van der Waals surface area contributed by atoms with Crippen LogP contribution in [0, 0.1) is 10.1 Å². The van der Waals surface area contributed by atoms with E-state index in [1.165, 1.54) is 49.5 Å². The highest BCUT2D eigenvalue weighted by Crippen LogP contribution is 2.29. The summed E-state index contributed by atoms with van der Waals surface area (Å²) in [7, 11) is -4.35. The number of carboxylic acids is 1. The number of nitrogens with zero attached hydrogens (tertiary/aromatic N) is 3. The van der Waals surface area contributed by atoms with E-state index in [0.717, 1.165) is 4.31 Å². The highest BCUT2D eigenvalue weighted by molar-refractivity contribution is 7.89. The van der Waals surface area contributed by atoms with Crippen LogP contribution in [0.5, 0.6) is 0 Å². The first-order valence-electron chi connectivity index (χ1n) is 8.54. The number of aromatic nitrogens is 1. The van der Waals surface area contributed by atoms with Crippen molar-refractivity contribution >= 4 is 32.6 Å². The fourth-order valence-corrected chi connectivity index (χ4v) is 4.69. The summed E-state index contributed by atoms with van der Waals surface area (Å²) in [5.41, 5.74) is -0.0103. The van der Waals surface area contributed by atoms with Gasteiger partial charge >= 0.3 is 5.97 Å². The fraction of sp³-hybridized carbons (Fsp3) is 0.158. The summed E-state index contributed by atoms with van der Waals surface area (Å²) in [6, 6.07) is 12.1. The Morgan fingerprint density at radius 2 is 1.86 bits per heavy atom.